The smallest absolute Gasteiger partial charge is 0.268 e. The lowest BCUT2D eigenvalue weighted by Gasteiger charge is -2.25. The molecule has 0 saturated heterocycles. The van der Waals surface area contributed by atoms with Gasteiger partial charge in [0.05, 0.1) is 28.7 Å². The van der Waals surface area contributed by atoms with E-state index in [1.807, 2.05) is 0 Å². The average Bonchev–Trinajstić information content (AvgIpc) is 3.61. The maximum atomic E-state index is 14.2. The summed E-state index contributed by atoms with van der Waals surface area (Å²) in [6, 6.07) is 9.08. The molecule has 2 heterocycles. The van der Waals surface area contributed by atoms with Gasteiger partial charge in [-0.1, -0.05) is 23.7 Å². The van der Waals surface area contributed by atoms with Gasteiger partial charge in [0, 0.05) is 11.8 Å². The Morgan fingerprint density at radius 2 is 1.86 bits per heavy atom. The molecule has 0 unspecified atom stereocenters. The van der Waals surface area contributed by atoms with Crippen molar-refractivity contribution >= 4 is 45.6 Å². The normalized spacial score (nSPS) is 14.0. The Hall–Kier alpha value is -4.23. The van der Waals surface area contributed by atoms with Gasteiger partial charge in [-0.15, -0.1) is 0 Å². The number of hydrogen-bond donors (Lipinski definition) is 3. The van der Waals surface area contributed by atoms with Crippen LogP contribution < -0.4 is 22.3 Å². The summed E-state index contributed by atoms with van der Waals surface area (Å²) < 4.78 is 29.6. The van der Waals surface area contributed by atoms with Gasteiger partial charge in [0.15, 0.2) is 0 Å². The van der Waals surface area contributed by atoms with Gasteiger partial charge in [-0.2, -0.15) is 0 Å². The van der Waals surface area contributed by atoms with Crippen LogP contribution in [0.5, 0.6) is 0 Å². The summed E-state index contributed by atoms with van der Waals surface area (Å²) in [5, 5.41) is 4.19. The van der Waals surface area contributed by atoms with Gasteiger partial charge in [-0.25, -0.2) is 23.6 Å². The van der Waals surface area contributed by atoms with Crippen LogP contribution in [0.15, 0.2) is 47.3 Å². The molecule has 2 aromatic carbocycles. The minimum Gasteiger partial charge on any atom is -0.392 e. The largest absolute Gasteiger partial charge is 0.392 e. The highest BCUT2D eigenvalue weighted by atomic mass is 35.5. The van der Waals surface area contributed by atoms with Crippen molar-refractivity contribution in [2.75, 3.05) is 16.8 Å². The lowest BCUT2D eigenvalue weighted by atomic mass is 10.0. The quantitative estimate of drug-likeness (QED) is 0.337. The molecule has 1 saturated carbocycles. The number of aromatic nitrogens is 3. The molecule has 1 fully saturated rings. The molecule has 0 spiro atoms. The molecule has 0 bridgehead atoms. The number of nitrogen functional groups attached to an aromatic ring is 2. The molecule has 1 atom stereocenters. The SMILES string of the molecule is [C-]#[N+]c1c(N)nc(N)nc1N[C@H](c1cc2cccc(Cl)c2c(=O)n1-c1cc(F)cc(F)c1)C1CC1. The third-order valence-corrected chi connectivity index (χ3v) is 6.19. The van der Waals surface area contributed by atoms with Gasteiger partial charge >= 0.3 is 0 Å². The van der Waals surface area contributed by atoms with Crippen LogP contribution in [0.25, 0.3) is 21.3 Å². The van der Waals surface area contributed by atoms with Crippen molar-refractivity contribution in [1.82, 2.24) is 14.5 Å². The van der Waals surface area contributed by atoms with Gasteiger partial charge in [0.2, 0.25) is 5.95 Å². The third-order valence-electron chi connectivity index (χ3n) is 5.87. The van der Waals surface area contributed by atoms with E-state index in [4.69, 9.17) is 29.6 Å². The molecular formula is C24H18ClF2N7O. The summed E-state index contributed by atoms with van der Waals surface area (Å²) in [7, 11) is 0. The first-order valence-electron chi connectivity index (χ1n) is 10.6. The summed E-state index contributed by atoms with van der Waals surface area (Å²) in [4.78, 5) is 25.1. The maximum Gasteiger partial charge on any atom is 0.268 e. The first-order valence-corrected chi connectivity index (χ1v) is 11.0. The number of halogens is 3. The van der Waals surface area contributed by atoms with Crippen LogP contribution in [0.3, 0.4) is 0 Å². The molecule has 1 aliphatic carbocycles. The molecule has 2 aromatic heterocycles. The van der Waals surface area contributed by atoms with E-state index in [0.717, 1.165) is 31.0 Å². The van der Waals surface area contributed by atoms with Gasteiger partial charge < -0.3 is 16.8 Å². The summed E-state index contributed by atoms with van der Waals surface area (Å²) in [5.41, 5.74) is 11.5. The van der Waals surface area contributed by atoms with Crippen molar-refractivity contribution in [1.29, 1.82) is 0 Å². The van der Waals surface area contributed by atoms with Crippen LogP contribution in [0, 0.1) is 24.1 Å². The van der Waals surface area contributed by atoms with Crippen LogP contribution in [-0.4, -0.2) is 14.5 Å². The molecule has 4 aromatic rings. The van der Waals surface area contributed by atoms with Gasteiger partial charge in [-0.3, -0.25) is 9.36 Å². The molecule has 0 radical (unpaired) electrons. The van der Waals surface area contributed by atoms with Crippen LogP contribution in [0.4, 0.5) is 32.1 Å². The average molecular weight is 494 g/mol. The number of anilines is 3. The van der Waals surface area contributed by atoms with E-state index in [0.29, 0.717) is 11.1 Å². The van der Waals surface area contributed by atoms with Crippen molar-refractivity contribution in [2.45, 2.75) is 18.9 Å². The highest BCUT2D eigenvalue weighted by Crippen LogP contribution is 2.45. The Morgan fingerprint density at radius 3 is 2.51 bits per heavy atom. The van der Waals surface area contributed by atoms with Crippen LogP contribution in [0.2, 0.25) is 5.02 Å². The minimum atomic E-state index is -0.834. The van der Waals surface area contributed by atoms with E-state index < -0.39 is 23.2 Å². The lowest BCUT2D eigenvalue weighted by molar-refractivity contribution is 0.578. The van der Waals surface area contributed by atoms with E-state index >= 15 is 0 Å². The minimum absolute atomic E-state index is 0.00360. The van der Waals surface area contributed by atoms with Crippen molar-refractivity contribution in [3.63, 3.8) is 0 Å². The number of pyridine rings is 1. The van der Waals surface area contributed by atoms with Gasteiger partial charge in [-0.05, 0) is 48.4 Å². The van der Waals surface area contributed by atoms with Gasteiger partial charge in [0.25, 0.3) is 11.2 Å². The molecule has 176 valence electrons. The van der Waals surface area contributed by atoms with Crippen molar-refractivity contribution in [3.05, 3.63) is 86.6 Å². The topological polar surface area (TPSA) is 116 Å². The molecule has 0 aliphatic heterocycles. The first kappa shape index (κ1) is 22.6. The highest BCUT2D eigenvalue weighted by Gasteiger charge is 2.36. The Labute approximate surface area is 203 Å². The van der Waals surface area contributed by atoms with E-state index in [1.54, 1.807) is 24.3 Å². The summed E-state index contributed by atoms with van der Waals surface area (Å²) in [6.45, 7) is 7.49. The second-order valence-electron chi connectivity index (χ2n) is 8.28. The van der Waals surface area contributed by atoms with E-state index in [1.165, 1.54) is 4.57 Å². The number of hydrogen-bond acceptors (Lipinski definition) is 6. The summed E-state index contributed by atoms with van der Waals surface area (Å²) >= 11 is 6.34. The Morgan fingerprint density at radius 1 is 1.14 bits per heavy atom. The molecular weight excluding hydrogens is 476 g/mol. The number of rotatable bonds is 5. The Kier molecular flexibility index (Phi) is 5.49. The van der Waals surface area contributed by atoms with E-state index in [-0.39, 0.29) is 45.3 Å². The fourth-order valence-electron chi connectivity index (χ4n) is 4.21. The molecule has 11 heteroatoms. The Bertz CT molecular complexity index is 1570. The molecule has 1 aliphatic rings. The van der Waals surface area contributed by atoms with Crippen molar-refractivity contribution < 1.29 is 8.78 Å². The Balaban J connectivity index is 1.79. The zero-order valence-corrected chi connectivity index (χ0v) is 18.9. The second kappa shape index (κ2) is 8.52. The number of nitrogens with zero attached hydrogens (tertiary/aromatic N) is 4. The third kappa shape index (κ3) is 4.11. The first-order chi connectivity index (χ1) is 16.8. The number of benzene rings is 2. The predicted molar refractivity (Wildman–Crippen MR) is 131 cm³/mol. The summed E-state index contributed by atoms with van der Waals surface area (Å²) in [6.07, 6.45) is 1.64. The second-order valence-corrected chi connectivity index (χ2v) is 8.68. The van der Waals surface area contributed by atoms with Crippen molar-refractivity contribution in [3.8, 4) is 5.69 Å². The van der Waals surface area contributed by atoms with E-state index in [2.05, 4.69) is 20.1 Å². The van der Waals surface area contributed by atoms with Crippen LogP contribution >= 0.6 is 11.6 Å². The fraction of sp³-hybridized carbons (Fsp3) is 0.167. The fourth-order valence-corrected chi connectivity index (χ4v) is 4.48. The number of fused-ring (bicyclic) bond motifs is 1. The monoisotopic (exact) mass is 493 g/mol. The van der Waals surface area contributed by atoms with Crippen molar-refractivity contribution in [2.24, 2.45) is 5.92 Å². The zero-order chi connectivity index (χ0) is 24.9. The lowest BCUT2D eigenvalue weighted by Crippen LogP contribution is -2.28. The highest BCUT2D eigenvalue weighted by molar-refractivity contribution is 6.35. The number of nitrogens with one attached hydrogen (secondary N) is 1. The standard InChI is InChI=1S/C24H18ClF2N7O/c1-30-20-21(28)32-24(29)33-22(20)31-19(11-5-6-11)17-7-12-3-2-4-16(25)18(12)23(35)34(17)15-9-13(26)8-14(27)10-15/h2-4,7-11,19H,5-6H2,(H5,28,29,31,32,33)/t19-/m0/s1. The molecule has 5 N–H and O–H groups in total. The molecule has 5 rings (SSSR count). The molecule has 0 amide bonds. The maximum absolute atomic E-state index is 14.2. The van der Waals surface area contributed by atoms with Crippen LogP contribution in [-0.2, 0) is 0 Å². The van der Waals surface area contributed by atoms with E-state index in [9.17, 15) is 13.6 Å². The predicted octanol–water partition coefficient (Wildman–Crippen LogP) is 4.99. The molecule has 35 heavy (non-hydrogen) atoms. The number of nitrogens with two attached hydrogens (primary N) is 2. The van der Waals surface area contributed by atoms with Gasteiger partial charge in [0.1, 0.15) is 23.3 Å². The molecule has 8 nitrogen and oxygen atoms in total. The zero-order valence-electron chi connectivity index (χ0n) is 18.1. The summed E-state index contributed by atoms with van der Waals surface area (Å²) in [5.74, 6) is -1.72. The van der Waals surface area contributed by atoms with Crippen LogP contribution in [0.1, 0.15) is 24.6 Å².